The molecule has 0 radical (unpaired) electrons. The molecule has 0 saturated carbocycles. The molecular weight excluding hydrogens is 304 g/mol. The summed E-state index contributed by atoms with van der Waals surface area (Å²) in [6, 6.07) is 4.75. The van der Waals surface area contributed by atoms with E-state index in [1.54, 1.807) is 20.8 Å². The lowest BCUT2D eigenvalue weighted by atomic mass is 10.1. The van der Waals surface area contributed by atoms with Crippen molar-refractivity contribution in [1.82, 2.24) is 5.32 Å². The predicted molar refractivity (Wildman–Crippen MR) is 82.0 cm³/mol. The Morgan fingerprint density at radius 2 is 1.83 bits per heavy atom. The monoisotopic (exact) mass is 324 g/mol. The molecule has 0 saturated heterocycles. The van der Waals surface area contributed by atoms with Gasteiger partial charge in [-0.15, -0.1) is 0 Å². The van der Waals surface area contributed by atoms with E-state index in [1.807, 2.05) is 0 Å². The molecule has 0 aliphatic rings. The maximum atomic E-state index is 11.8. The van der Waals surface area contributed by atoms with Gasteiger partial charge in [0.25, 0.3) is 5.69 Å². The Labute approximate surface area is 133 Å². The van der Waals surface area contributed by atoms with E-state index in [2.05, 4.69) is 10.1 Å². The first-order valence-electron chi connectivity index (χ1n) is 6.93. The quantitative estimate of drug-likeness (QED) is 0.505. The summed E-state index contributed by atoms with van der Waals surface area (Å²) in [7, 11) is 1.21. The van der Waals surface area contributed by atoms with Gasteiger partial charge in [0.1, 0.15) is 11.6 Å². The Balaban J connectivity index is 2.80. The maximum Gasteiger partial charge on any atom is 0.408 e. The summed E-state index contributed by atoms with van der Waals surface area (Å²) < 4.78 is 9.76. The SMILES string of the molecule is COC(=O)C(Cc1ccc([N+](=O)[O-])cc1)NC(=O)OC(C)(C)C. The van der Waals surface area contributed by atoms with Crippen molar-refractivity contribution in [3.8, 4) is 0 Å². The summed E-state index contributed by atoms with van der Waals surface area (Å²) >= 11 is 0. The van der Waals surface area contributed by atoms with E-state index >= 15 is 0 Å². The molecule has 0 aliphatic heterocycles. The van der Waals surface area contributed by atoms with Crippen LogP contribution in [-0.4, -0.2) is 35.7 Å². The number of ether oxygens (including phenoxy) is 2. The molecule has 0 aliphatic carbocycles. The highest BCUT2D eigenvalue weighted by atomic mass is 16.6. The number of methoxy groups -OCH3 is 1. The van der Waals surface area contributed by atoms with Crippen LogP contribution in [0.3, 0.4) is 0 Å². The molecule has 1 aromatic rings. The highest BCUT2D eigenvalue weighted by Gasteiger charge is 2.25. The van der Waals surface area contributed by atoms with Gasteiger partial charge >= 0.3 is 12.1 Å². The lowest BCUT2D eigenvalue weighted by Crippen LogP contribution is -2.45. The van der Waals surface area contributed by atoms with Crippen molar-refractivity contribution in [2.45, 2.75) is 38.8 Å². The number of alkyl carbamates (subject to hydrolysis) is 1. The second-order valence-electron chi connectivity index (χ2n) is 5.85. The topological polar surface area (TPSA) is 108 Å². The Morgan fingerprint density at radius 1 is 1.26 bits per heavy atom. The third-order valence-electron chi connectivity index (χ3n) is 2.76. The predicted octanol–water partition coefficient (Wildman–Crippen LogP) is 2.20. The number of hydrogen-bond donors (Lipinski definition) is 1. The Morgan fingerprint density at radius 3 is 2.26 bits per heavy atom. The molecule has 8 heteroatoms. The lowest BCUT2D eigenvalue weighted by molar-refractivity contribution is -0.384. The average molecular weight is 324 g/mol. The minimum Gasteiger partial charge on any atom is -0.467 e. The number of amides is 1. The van der Waals surface area contributed by atoms with Crippen molar-refractivity contribution in [2.24, 2.45) is 0 Å². The van der Waals surface area contributed by atoms with Crippen LogP contribution in [0.5, 0.6) is 0 Å². The van der Waals surface area contributed by atoms with E-state index < -0.39 is 28.6 Å². The highest BCUT2D eigenvalue weighted by Crippen LogP contribution is 2.14. The van der Waals surface area contributed by atoms with E-state index in [0.717, 1.165) is 0 Å². The average Bonchev–Trinajstić information content (AvgIpc) is 2.44. The van der Waals surface area contributed by atoms with Crippen molar-refractivity contribution < 1.29 is 24.0 Å². The third-order valence-corrected chi connectivity index (χ3v) is 2.76. The number of hydrogen-bond acceptors (Lipinski definition) is 6. The summed E-state index contributed by atoms with van der Waals surface area (Å²) in [6.07, 6.45) is -0.612. The van der Waals surface area contributed by atoms with Crippen molar-refractivity contribution in [1.29, 1.82) is 0 Å². The minimum atomic E-state index is -0.948. The zero-order valence-corrected chi connectivity index (χ0v) is 13.5. The molecule has 0 bridgehead atoms. The zero-order chi connectivity index (χ0) is 17.6. The molecule has 1 N–H and O–H groups in total. The fraction of sp³-hybridized carbons (Fsp3) is 0.467. The van der Waals surface area contributed by atoms with Crippen LogP contribution in [0.15, 0.2) is 24.3 Å². The molecular formula is C15H20N2O6. The largest absolute Gasteiger partial charge is 0.467 e. The van der Waals surface area contributed by atoms with Crippen LogP contribution < -0.4 is 5.32 Å². The number of nitro groups is 1. The van der Waals surface area contributed by atoms with Gasteiger partial charge in [-0.1, -0.05) is 12.1 Å². The standard InChI is InChI=1S/C15H20N2O6/c1-15(2,3)23-14(19)16-12(13(18)22-4)9-10-5-7-11(8-6-10)17(20)21/h5-8,12H,9H2,1-4H3,(H,16,19). The summed E-state index contributed by atoms with van der Waals surface area (Å²) in [4.78, 5) is 33.7. The normalized spacial score (nSPS) is 12.2. The number of nitrogens with one attached hydrogen (secondary N) is 1. The van der Waals surface area contributed by atoms with Gasteiger partial charge in [-0.2, -0.15) is 0 Å². The lowest BCUT2D eigenvalue weighted by Gasteiger charge is -2.22. The van der Waals surface area contributed by atoms with Crippen molar-refractivity contribution >= 4 is 17.7 Å². The van der Waals surface area contributed by atoms with Crippen LogP contribution in [0.2, 0.25) is 0 Å². The van der Waals surface area contributed by atoms with Gasteiger partial charge in [-0.25, -0.2) is 9.59 Å². The number of carbonyl (C=O) groups excluding carboxylic acids is 2. The molecule has 0 fully saturated rings. The fourth-order valence-corrected chi connectivity index (χ4v) is 1.77. The Hall–Kier alpha value is -2.64. The first kappa shape index (κ1) is 18.4. The molecule has 1 unspecified atom stereocenters. The smallest absolute Gasteiger partial charge is 0.408 e. The van der Waals surface area contributed by atoms with Crippen LogP contribution in [0, 0.1) is 10.1 Å². The summed E-state index contributed by atoms with van der Waals surface area (Å²) in [5.41, 5.74) is -0.108. The van der Waals surface area contributed by atoms with Gasteiger partial charge in [-0.3, -0.25) is 10.1 Å². The number of nitrogens with zero attached hydrogens (tertiary/aromatic N) is 1. The van der Waals surface area contributed by atoms with Crippen LogP contribution in [-0.2, 0) is 20.7 Å². The molecule has 126 valence electrons. The van der Waals surface area contributed by atoms with E-state index in [1.165, 1.54) is 31.4 Å². The minimum absolute atomic E-state index is 0.0523. The molecule has 1 rings (SSSR count). The van der Waals surface area contributed by atoms with Crippen LogP contribution in [0.1, 0.15) is 26.3 Å². The van der Waals surface area contributed by atoms with Crippen LogP contribution in [0.4, 0.5) is 10.5 Å². The van der Waals surface area contributed by atoms with Gasteiger partial charge in [0, 0.05) is 18.6 Å². The summed E-state index contributed by atoms with van der Waals surface area (Å²) in [5.74, 6) is -0.630. The maximum absolute atomic E-state index is 11.8. The van der Waals surface area contributed by atoms with E-state index in [0.29, 0.717) is 5.56 Å². The van der Waals surface area contributed by atoms with Gasteiger partial charge in [0.15, 0.2) is 0 Å². The van der Waals surface area contributed by atoms with E-state index in [-0.39, 0.29) is 12.1 Å². The molecule has 23 heavy (non-hydrogen) atoms. The number of non-ortho nitro benzene ring substituents is 1. The molecule has 0 spiro atoms. The third kappa shape index (κ3) is 6.33. The number of esters is 1. The second kappa shape index (κ2) is 7.57. The van der Waals surface area contributed by atoms with Crippen molar-refractivity contribution in [3.05, 3.63) is 39.9 Å². The molecule has 8 nitrogen and oxygen atoms in total. The molecule has 0 aromatic heterocycles. The Bertz CT molecular complexity index is 577. The molecule has 1 amide bonds. The number of benzene rings is 1. The first-order valence-corrected chi connectivity index (χ1v) is 6.93. The number of carbonyl (C=O) groups is 2. The van der Waals surface area contributed by atoms with Gasteiger partial charge in [0.05, 0.1) is 12.0 Å². The van der Waals surface area contributed by atoms with Gasteiger partial charge < -0.3 is 14.8 Å². The fourth-order valence-electron chi connectivity index (χ4n) is 1.77. The zero-order valence-electron chi connectivity index (χ0n) is 13.5. The van der Waals surface area contributed by atoms with Crippen molar-refractivity contribution in [2.75, 3.05) is 7.11 Å². The Kier molecular flexibility index (Phi) is 6.06. The summed E-state index contributed by atoms with van der Waals surface area (Å²) in [5, 5.41) is 13.1. The first-order chi connectivity index (χ1) is 10.6. The summed E-state index contributed by atoms with van der Waals surface area (Å²) in [6.45, 7) is 5.11. The van der Waals surface area contributed by atoms with E-state index in [9.17, 15) is 19.7 Å². The number of rotatable bonds is 5. The van der Waals surface area contributed by atoms with E-state index in [4.69, 9.17) is 4.74 Å². The van der Waals surface area contributed by atoms with Crippen molar-refractivity contribution in [3.63, 3.8) is 0 Å². The van der Waals surface area contributed by atoms with Crippen LogP contribution in [0.25, 0.3) is 0 Å². The van der Waals surface area contributed by atoms with Gasteiger partial charge in [0.2, 0.25) is 0 Å². The highest BCUT2D eigenvalue weighted by molar-refractivity contribution is 5.81. The number of nitro benzene ring substituents is 1. The second-order valence-corrected chi connectivity index (χ2v) is 5.85. The van der Waals surface area contributed by atoms with Crippen LogP contribution >= 0.6 is 0 Å². The molecule has 0 heterocycles. The van der Waals surface area contributed by atoms with Gasteiger partial charge in [-0.05, 0) is 26.3 Å². The molecule has 1 atom stereocenters. The molecule has 1 aromatic carbocycles.